The van der Waals surface area contributed by atoms with Gasteiger partial charge in [-0.25, -0.2) is 0 Å². The van der Waals surface area contributed by atoms with Crippen molar-refractivity contribution in [1.82, 2.24) is 4.90 Å². The molecule has 314 valence electrons. The van der Waals surface area contributed by atoms with E-state index in [0.717, 1.165) is 0 Å². The van der Waals surface area contributed by atoms with Crippen molar-refractivity contribution in [2.24, 2.45) is 23.7 Å². The first-order chi connectivity index (χ1) is 24.8. The zero-order chi connectivity index (χ0) is 41.2. The Hall–Kier alpha value is -1.79. The molecular weight excluding hydrogens is 706 g/mol. The maximum Gasteiger partial charge on any atom is 0.311 e. The molecule has 4 N–H and O–H groups in total. The number of Topliss-reactive ketones (excluding diaryl/α,β-unsaturated/α-hetero) is 1. The van der Waals surface area contributed by atoms with E-state index in [1.54, 1.807) is 41.5 Å². The van der Waals surface area contributed by atoms with E-state index >= 15 is 0 Å². The number of methoxy groups -OCH3 is 1. The Balaban J connectivity index is 2.23. The van der Waals surface area contributed by atoms with E-state index in [2.05, 4.69) is 0 Å². The number of hydrogen-bond donors (Lipinski definition) is 4. The minimum absolute atomic E-state index is 0.0776. The summed E-state index contributed by atoms with van der Waals surface area (Å²) < 4.78 is 42.9. The zero-order valence-corrected chi connectivity index (χ0v) is 34.8. The normalized spacial score (nSPS) is 47.5. The predicted octanol–water partition coefficient (Wildman–Crippen LogP) is 2.36. The molecule has 0 radical (unpaired) electrons. The molecule has 0 bridgehead atoms. The van der Waals surface area contributed by atoms with Crippen LogP contribution in [0, 0.1) is 23.7 Å². The Bertz CT molecular complexity index is 1280. The monoisotopic (exact) mass is 775 g/mol. The second-order valence-electron chi connectivity index (χ2n) is 17.1. The fourth-order valence-corrected chi connectivity index (χ4v) is 8.80. The predicted molar refractivity (Wildman–Crippen MR) is 196 cm³/mol. The average molecular weight is 776 g/mol. The average Bonchev–Trinajstić information content (AvgIpc) is 3.08. The largest absolute Gasteiger partial charge is 0.459 e. The fraction of sp³-hybridized carbons (Fsp3) is 0.923. The highest BCUT2D eigenvalue weighted by Gasteiger charge is 2.54. The lowest BCUT2D eigenvalue weighted by Gasteiger charge is -2.49. The molecule has 0 spiro atoms. The third kappa shape index (κ3) is 10.2. The molecule has 0 aliphatic carbocycles. The Morgan fingerprint density at radius 2 is 1.54 bits per heavy atom. The molecule has 0 saturated carbocycles. The van der Waals surface area contributed by atoms with Gasteiger partial charge in [-0.2, -0.15) is 0 Å². The van der Waals surface area contributed by atoms with Crippen LogP contribution in [0.3, 0.4) is 0 Å². The number of likely N-dealkylation sites (N-methyl/N-ethyl adjacent to an activating group) is 1. The van der Waals surface area contributed by atoms with Gasteiger partial charge in [-0.1, -0.05) is 27.7 Å². The van der Waals surface area contributed by atoms with Gasteiger partial charge in [-0.3, -0.25) is 14.4 Å². The van der Waals surface area contributed by atoms with Gasteiger partial charge in [-0.15, -0.1) is 0 Å². The number of hydrogen-bond acceptors (Lipinski definition) is 15. The van der Waals surface area contributed by atoms with Crippen LogP contribution < -0.4 is 0 Å². The smallest absolute Gasteiger partial charge is 0.311 e. The SMILES string of the molecule is CCC1OC(=O)[C@H](C)C(O[C@H]2C[C@@](C)(OC)[C@@H](O)[C@H](C)O2)[C@H](C)[C@@H](O[C@@H]2O[C@H](C)C[C@H](N(C)C)[C@H]2O)[C@](C)(O)C[C@@H](C)C(=O)[C@H](C)[C@@H](OC(C)=O)[C@]1(C)O. The summed E-state index contributed by atoms with van der Waals surface area (Å²) in [5, 5.41) is 46.9. The first-order valence-electron chi connectivity index (χ1n) is 19.4. The van der Waals surface area contributed by atoms with Gasteiger partial charge in [0.25, 0.3) is 0 Å². The summed E-state index contributed by atoms with van der Waals surface area (Å²) in [6.45, 7) is 17.5. The van der Waals surface area contributed by atoms with Gasteiger partial charge in [0.2, 0.25) is 0 Å². The van der Waals surface area contributed by atoms with Crippen LogP contribution in [0.2, 0.25) is 0 Å². The van der Waals surface area contributed by atoms with Crippen LogP contribution in [0.1, 0.15) is 102 Å². The molecule has 3 aliphatic rings. The van der Waals surface area contributed by atoms with Crippen LogP contribution in [0.5, 0.6) is 0 Å². The Labute approximate surface area is 321 Å². The van der Waals surface area contributed by atoms with E-state index < -0.39 is 114 Å². The first-order valence-corrected chi connectivity index (χ1v) is 19.4. The molecule has 15 nitrogen and oxygen atoms in total. The van der Waals surface area contributed by atoms with E-state index in [1.807, 2.05) is 25.9 Å². The molecular formula is C39H69NO14. The van der Waals surface area contributed by atoms with Crippen LogP contribution in [0.15, 0.2) is 0 Å². The van der Waals surface area contributed by atoms with Gasteiger partial charge in [0.15, 0.2) is 12.6 Å². The molecule has 3 aliphatic heterocycles. The van der Waals surface area contributed by atoms with Crippen LogP contribution in [-0.2, 0) is 47.5 Å². The van der Waals surface area contributed by atoms with Crippen molar-refractivity contribution in [3.63, 3.8) is 0 Å². The number of esters is 2. The molecule has 3 fully saturated rings. The molecule has 3 rings (SSSR count). The molecule has 15 heteroatoms. The molecule has 0 aromatic rings. The van der Waals surface area contributed by atoms with Gasteiger partial charge in [0, 0.05) is 38.3 Å². The fourth-order valence-electron chi connectivity index (χ4n) is 8.80. The maximum atomic E-state index is 14.3. The van der Waals surface area contributed by atoms with Crippen LogP contribution >= 0.6 is 0 Å². The number of nitrogens with zero attached hydrogens (tertiary/aromatic N) is 1. The quantitative estimate of drug-likeness (QED) is 0.262. The van der Waals surface area contributed by atoms with Gasteiger partial charge in [0.05, 0.1) is 47.5 Å². The molecule has 18 atom stereocenters. The van der Waals surface area contributed by atoms with Gasteiger partial charge in [-0.05, 0) is 74.9 Å². The standard InChI is InChI=1S/C39H69NO14/c1-15-27-39(11,47)34(51-25(8)41)21(4)29(42)19(2)17-37(9,46)33(54-36-30(43)26(40(12)13)16-20(3)49-36)22(5)31(23(6)35(45)52-27)53-28-18-38(10,48-14)32(44)24(7)50-28/h19-24,26-28,30-34,36,43-44,46-47H,15-18H2,1-14H3/t19-,20-,21+,22+,23-,24+,26+,27?,28+,30-,31?,32+,33-,34-,36+,37-,38-,39-/m1/s1. The Morgan fingerprint density at radius 3 is 2.07 bits per heavy atom. The number of ketones is 1. The third-order valence-corrected chi connectivity index (χ3v) is 12.1. The summed E-state index contributed by atoms with van der Waals surface area (Å²) in [6, 6.07) is -0.341. The summed E-state index contributed by atoms with van der Waals surface area (Å²) in [4.78, 5) is 42.7. The number of carbonyl (C=O) groups is 3. The number of aliphatic hydroxyl groups is 4. The van der Waals surface area contributed by atoms with Crippen molar-refractivity contribution in [2.45, 2.75) is 186 Å². The van der Waals surface area contributed by atoms with Gasteiger partial charge < -0.3 is 58.5 Å². The summed E-state index contributed by atoms with van der Waals surface area (Å²) in [7, 11) is 5.16. The van der Waals surface area contributed by atoms with Gasteiger partial charge in [0.1, 0.15) is 35.8 Å². The van der Waals surface area contributed by atoms with Gasteiger partial charge >= 0.3 is 11.9 Å². The number of carbonyl (C=O) groups excluding carboxylic acids is 3. The third-order valence-electron chi connectivity index (χ3n) is 12.1. The minimum Gasteiger partial charge on any atom is -0.459 e. The number of rotatable bonds is 8. The Morgan fingerprint density at radius 1 is 0.926 bits per heavy atom. The summed E-state index contributed by atoms with van der Waals surface area (Å²) >= 11 is 0. The van der Waals surface area contributed by atoms with Crippen molar-refractivity contribution in [3.8, 4) is 0 Å². The number of cyclic esters (lactones) is 1. The minimum atomic E-state index is -2.00. The first kappa shape index (κ1) is 46.6. The van der Waals surface area contributed by atoms with Crippen molar-refractivity contribution in [2.75, 3.05) is 21.2 Å². The van der Waals surface area contributed by atoms with Crippen molar-refractivity contribution < 1.29 is 68.0 Å². The topological polar surface area (TPSA) is 200 Å². The molecule has 0 amide bonds. The van der Waals surface area contributed by atoms with Crippen LogP contribution in [0.4, 0.5) is 0 Å². The molecule has 3 saturated heterocycles. The van der Waals surface area contributed by atoms with E-state index in [4.69, 9.17) is 33.2 Å². The highest BCUT2D eigenvalue weighted by Crippen LogP contribution is 2.41. The Kier molecular flexibility index (Phi) is 15.7. The maximum absolute atomic E-state index is 14.3. The van der Waals surface area contributed by atoms with Crippen LogP contribution in [-0.4, -0.2) is 149 Å². The van der Waals surface area contributed by atoms with E-state index in [-0.39, 0.29) is 31.4 Å². The second kappa shape index (κ2) is 18.2. The molecule has 0 aromatic carbocycles. The van der Waals surface area contributed by atoms with E-state index in [1.165, 1.54) is 34.8 Å². The number of ether oxygens (including phenoxy) is 7. The molecule has 3 heterocycles. The van der Waals surface area contributed by atoms with E-state index in [0.29, 0.717) is 6.42 Å². The lowest BCUT2D eigenvalue weighted by molar-refractivity contribution is -0.318. The number of aliphatic hydroxyl groups excluding tert-OH is 2. The zero-order valence-electron chi connectivity index (χ0n) is 34.8. The summed E-state index contributed by atoms with van der Waals surface area (Å²) in [5.74, 6) is -5.83. The van der Waals surface area contributed by atoms with Crippen molar-refractivity contribution >= 4 is 17.7 Å². The van der Waals surface area contributed by atoms with Crippen molar-refractivity contribution in [3.05, 3.63) is 0 Å². The molecule has 2 unspecified atom stereocenters. The van der Waals surface area contributed by atoms with E-state index in [9.17, 15) is 34.8 Å². The lowest BCUT2D eigenvalue weighted by Crippen LogP contribution is -2.61. The highest BCUT2D eigenvalue weighted by atomic mass is 16.7. The summed E-state index contributed by atoms with van der Waals surface area (Å²) in [5.41, 5.74) is -4.90. The molecule has 0 aromatic heterocycles. The van der Waals surface area contributed by atoms with Crippen molar-refractivity contribution in [1.29, 1.82) is 0 Å². The summed E-state index contributed by atoms with van der Waals surface area (Å²) in [6.07, 6.45) is -9.80. The highest BCUT2D eigenvalue weighted by molar-refractivity contribution is 5.84. The molecule has 54 heavy (non-hydrogen) atoms. The second-order valence-corrected chi connectivity index (χ2v) is 17.1. The van der Waals surface area contributed by atoms with Crippen LogP contribution in [0.25, 0.3) is 0 Å². The lowest BCUT2D eigenvalue weighted by atomic mass is 9.74.